The van der Waals surface area contributed by atoms with Crippen LogP contribution in [0.25, 0.3) is 0 Å². The Morgan fingerprint density at radius 2 is 1.77 bits per heavy atom. The van der Waals surface area contributed by atoms with E-state index in [1.165, 1.54) is 13.1 Å². The van der Waals surface area contributed by atoms with Crippen LogP contribution in [0, 0.1) is 0 Å². The first-order valence-electron chi connectivity index (χ1n) is 8.26. The Balaban J connectivity index is 1.68. The van der Waals surface area contributed by atoms with E-state index in [0.29, 0.717) is 43.4 Å². The van der Waals surface area contributed by atoms with E-state index in [-0.39, 0.29) is 11.7 Å². The summed E-state index contributed by atoms with van der Waals surface area (Å²) < 4.78 is 0. The molecule has 1 fully saturated rings. The summed E-state index contributed by atoms with van der Waals surface area (Å²) in [6.45, 7) is 3.52. The van der Waals surface area contributed by atoms with Gasteiger partial charge < -0.3 is 15.1 Å². The smallest absolute Gasteiger partial charge is 0.272 e. The van der Waals surface area contributed by atoms with Crippen LogP contribution in [0.2, 0.25) is 0 Å². The zero-order chi connectivity index (χ0) is 18.5. The number of ketones is 1. The minimum atomic E-state index is -0.187. The van der Waals surface area contributed by atoms with Crippen molar-refractivity contribution in [3.8, 4) is 0 Å². The molecular formula is C18H19N5O3. The van der Waals surface area contributed by atoms with E-state index in [1.54, 1.807) is 40.1 Å². The van der Waals surface area contributed by atoms with Gasteiger partial charge in [-0.1, -0.05) is 0 Å². The van der Waals surface area contributed by atoms with Crippen LogP contribution in [0.15, 0.2) is 36.5 Å². The molecule has 0 aliphatic carbocycles. The molecule has 0 radical (unpaired) electrons. The monoisotopic (exact) mass is 353 g/mol. The van der Waals surface area contributed by atoms with E-state index in [2.05, 4.69) is 15.3 Å². The van der Waals surface area contributed by atoms with Crippen LogP contribution in [0.4, 0.5) is 11.6 Å². The lowest BCUT2D eigenvalue weighted by atomic mass is 10.1. The van der Waals surface area contributed by atoms with Gasteiger partial charge >= 0.3 is 0 Å². The fraction of sp³-hybridized carbons (Fsp3) is 0.278. The van der Waals surface area contributed by atoms with E-state index in [9.17, 15) is 14.4 Å². The first kappa shape index (κ1) is 17.5. The topological polar surface area (TPSA) is 95.5 Å². The van der Waals surface area contributed by atoms with Crippen molar-refractivity contribution in [1.29, 1.82) is 0 Å². The third kappa shape index (κ3) is 4.02. The third-order valence-corrected chi connectivity index (χ3v) is 4.17. The maximum absolute atomic E-state index is 12.6. The number of hydrogen-bond acceptors (Lipinski definition) is 6. The maximum Gasteiger partial charge on any atom is 0.272 e. The highest BCUT2D eigenvalue weighted by Crippen LogP contribution is 2.15. The first-order chi connectivity index (χ1) is 12.6. The van der Waals surface area contributed by atoms with Gasteiger partial charge in [0.25, 0.3) is 5.91 Å². The van der Waals surface area contributed by atoms with Crippen LogP contribution in [0.5, 0.6) is 0 Å². The number of anilines is 2. The molecule has 1 saturated heterocycles. The molecule has 3 rings (SSSR count). The number of amides is 2. The number of hydrogen-bond donors (Lipinski definition) is 1. The van der Waals surface area contributed by atoms with Crippen molar-refractivity contribution >= 4 is 29.7 Å². The molecule has 2 amide bonds. The summed E-state index contributed by atoms with van der Waals surface area (Å²) in [5.41, 5.74) is 1.64. The Bertz CT molecular complexity index is 814. The van der Waals surface area contributed by atoms with Crippen LogP contribution < -0.4 is 5.32 Å². The van der Waals surface area contributed by atoms with Gasteiger partial charge in [0, 0.05) is 43.6 Å². The normalized spacial score (nSPS) is 14.0. The number of nitrogens with one attached hydrogen (secondary N) is 1. The number of carbonyl (C=O) groups excluding carboxylic acids is 3. The lowest BCUT2D eigenvalue weighted by Crippen LogP contribution is -2.48. The van der Waals surface area contributed by atoms with Crippen molar-refractivity contribution in [2.75, 3.05) is 31.5 Å². The van der Waals surface area contributed by atoms with Gasteiger partial charge in [-0.2, -0.15) is 0 Å². The van der Waals surface area contributed by atoms with Gasteiger partial charge in [-0.05, 0) is 37.3 Å². The van der Waals surface area contributed by atoms with Gasteiger partial charge in [-0.3, -0.25) is 14.4 Å². The molecule has 0 atom stereocenters. The fourth-order valence-electron chi connectivity index (χ4n) is 2.65. The lowest BCUT2D eigenvalue weighted by molar-refractivity contribution is -0.119. The number of carbonyl (C=O) groups is 3. The molecule has 1 aromatic heterocycles. The molecule has 8 nitrogen and oxygen atoms in total. The van der Waals surface area contributed by atoms with Crippen molar-refractivity contribution in [3.63, 3.8) is 0 Å². The summed E-state index contributed by atoms with van der Waals surface area (Å²) in [7, 11) is 0. The molecule has 0 bridgehead atoms. The second kappa shape index (κ2) is 7.73. The summed E-state index contributed by atoms with van der Waals surface area (Å²) in [5.74, 6) is 0.112. The van der Waals surface area contributed by atoms with Gasteiger partial charge in [0.05, 0.1) is 0 Å². The molecule has 26 heavy (non-hydrogen) atoms. The second-order valence-electron chi connectivity index (χ2n) is 5.96. The van der Waals surface area contributed by atoms with E-state index in [0.717, 1.165) is 12.1 Å². The Labute approximate surface area is 150 Å². The molecule has 1 aromatic carbocycles. The quantitative estimate of drug-likeness (QED) is 0.644. The van der Waals surface area contributed by atoms with Crippen molar-refractivity contribution in [2.24, 2.45) is 0 Å². The molecule has 1 aliphatic rings. The number of Topliss-reactive ketones (excluding diaryl/α,β-unsaturated/α-hetero) is 1. The summed E-state index contributed by atoms with van der Waals surface area (Å²) in [6.07, 6.45) is 2.32. The predicted molar refractivity (Wildman–Crippen MR) is 95.3 cm³/mol. The van der Waals surface area contributed by atoms with Gasteiger partial charge in [0.2, 0.25) is 12.4 Å². The molecule has 1 aliphatic heterocycles. The number of benzene rings is 1. The summed E-state index contributed by atoms with van der Waals surface area (Å²) in [6, 6.07) is 8.51. The van der Waals surface area contributed by atoms with Gasteiger partial charge in [-0.15, -0.1) is 0 Å². The Kier molecular flexibility index (Phi) is 5.21. The Hall–Kier alpha value is -3.29. The standard InChI is InChI=1S/C18H19N5O3/c1-13(25)14-2-4-15(5-3-14)20-18-19-7-6-16(21-18)17(26)23-10-8-22(12-24)9-11-23/h2-7,12H,8-11H2,1H3,(H,19,20,21). The molecule has 2 heterocycles. The highest BCUT2D eigenvalue weighted by Gasteiger charge is 2.22. The van der Waals surface area contributed by atoms with Crippen LogP contribution in [0.1, 0.15) is 27.8 Å². The number of piperazine rings is 1. The highest BCUT2D eigenvalue weighted by molar-refractivity contribution is 5.94. The minimum absolute atomic E-state index is 0.00456. The Morgan fingerprint density at radius 3 is 2.38 bits per heavy atom. The van der Waals surface area contributed by atoms with E-state index < -0.39 is 0 Å². The maximum atomic E-state index is 12.6. The fourth-order valence-corrected chi connectivity index (χ4v) is 2.65. The zero-order valence-corrected chi connectivity index (χ0v) is 14.4. The first-order valence-corrected chi connectivity index (χ1v) is 8.26. The molecule has 134 valence electrons. The van der Waals surface area contributed by atoms with Crippen molar-refractivity contribution in [1.82, 2.24) is 19.8 Å². The van der Waals surface area contributed by atoms with E-state index in [4.69, 9.17) is 0 Å². The highest BCUT2D eigenvalue weighted by atomic mass is 16.2. The van der Waals surface area contributed by atoms with E-state index >= 15 is 0 Å². The predicted octanol–water partition coefficient (Wildman–Crippen LogP) is 1.34. The SMILES string of the molecule is CC(=O)c1ccc(Nc2nccc(C(=O)N3CCN(C=O)CC3)n2)cc1. The minimum Gasteiger partial charge on any atom is -0.342 e. The van der Waals surface area contributed by atoms with Gasteiger partial charge in [0.15, 0.2) is 5.78 Å². The van der Waals surface area contributed by atoms with Crippen molar-refractivity contribution in [2.45, 2.75) is 6.92 Å². The van der Waals surface area contributed by atoms with E-state index in [1.807, 2.05) is 0 Å². The lowest BCUT2D eigenvalue weighted by Gasteiger charge is -2.32. The van der Waals surface area contributed by atoms with Crippen molar-refractivity contribution in [3.05, 3.63) is 47.8 Å². The molecule has 0 unspecified atom stereocenters. The van der Waals surface area contributed by atoms with Gasteiger partial charge in [-0.25, -0.2) is 9.97 Å². The number of rotatable bonds is 5. The number of aromatic nitrogens is 2. The molecule has 8 heteroatoms. The molecule has 0 saturated carbocycles. The average Bonchev–Trinajstić information content (AvgIpc) is 2.68. The van der Waals surface area contributed by atoms with Gasteiger partial charge in [0.1, 0.15) is 5.69 Å². The van der Waals surface area contributed by atoms with Crippen molar-refractivity contribution < 1.29 is 14.4 Å². The molecule has 0 spiro atoms. The van der Waals surface area contributed by atoms with Crippen LogP contribution in [0.3, 0.4) is 0 Å². The van der Waals surface area contributed by atoms with Crippen LogP contribution in [-0.2, 0) is 4.79 Å². The molecule has 1 N–H and O–H groups in total. The molecule has 2 aromatic rings. The van der Waals surface area contributed by atoms with Crippen LogP contribution >= 0.6 is 0 Å². The molecular weight excluding hydrogens is 334 g/mol. The van der Waals surface area contributed by atoms with Crippen LogP contribution in [-0.4, -0.2) is 64.0 Å². The summed E-state index contributed by atoms with van der Waals surface area (Å²) >= 11 is 0. The Morgan fingerprint density at radius 1 is 1.08 bits per heavy atom. The zero-order valence-electron chi connectivity index (χ0n) is 14.4. The summed E-state index contributed by atoms with van der Waals surface area (Å²) in [5, 5.41) is 3.03. The summed E-state index contributed by atoms with van der Waals surface area (Å²) in [4.78, 5) is 46.4. The largest absolute Gasteiger partial charge is 0.342 e. The number of nitrogens with zero attached hydrogens (tertiary/aromatic N) is 4. The third-order valence-electron chi connectivity index (χ3n) is 4.17. The second-order valence-corrected chi connectivity index (χ2v) is 5.96. The average molecular weight is 353 g/mol.